The third-order valence-electron chi connectivity index (χ3n) is 3.49. The Balaban J connectivity index is 2.00. The molecule has 0 aliphatic carbocycles. The van der Waals surface area contributed by atoms with Crippen molar-refractivity contribution in [3.63, 3.8) is 0 Å². The van der Waals surface area contributed by atoms with Crippen LogP contribution in [0.4, 0.5) is 5.69 Å². The molecule has 1 aromatic carbocycles. The molecule has 1 aliphatic rings. The van der Waals surface area contributed by atoms with Crippen LogP contribution in [0.25, 0.3) is 0 Å². The fourth-order valence-corrected chi connectivity index (χ4v) is 2.48. The maximum atomic E-state index is 5.93. The predicted octanol–water partition coefficient (Wildman–Crippen LogP) is 2.81. The number of hydrogen-bond acceptors (Lipinski definition) is 2. The molecule has 1 heterocycles. The fraction of sp³-hybridized carbons (Fsp3) is 0.571. The van der Waals surface area contributed by atoms with Gasteiger partial charge in [0.25, 0.3) is 0 Å². The molecule has 1 aromatic rings. The molecule has 1 fully saturated rings. The number of likely N-dealkylation sites (tertiary alicyclic amines) is 1. The van der Waals surface area contributed by atoms with Crippen molar-refractivity contribution in [2.75, 3.05) is 18.8 Å². The van der Waals surface area contributed by atoms with Gasteiger partial charge in [-0.25, -0.2) is 0 Å². The van der Waals surface area contributed by atoms with E-state index in [0.29, 0.717) is 0 Å². The van der Waals surface area contributed by atoms with Crippen LogP contribution in [0.5, 0.6) is 0 Å². The number of rotatable bonds is 2. The minimum absolute atomic E-state index is 0.844. The van der Waals surface area contributed by atoms with Gasteiger partial charge in [-0.05, 0) is 49.4 Å². The first-order valence-corrected chi connectivity index (χ1v) is 6.22. The Hall–Kier alpha value is -1.02. The number of nitrogen functional groups attached to an aromatic ring is 1. The standard InChI is InChI=1S/C14H22N2/c1-11-4-3-7-16(9-11)10-13-6-5-12(2)14(15)8-13/h5-6,8,11H,3-4,7,9-10,15H2,1-2H3. The Morgan fingerprint density at radius 1 is 1.44 bits per heavy atom. The number of benzene rings is 1. The van der Waals surface area contributed by atoms with E-state index in [-0.39, 0.29) is 0 Å². The molecule has 0 amide bonds. The molecule has 88 valence electrons. The smallest absolute Gasteiger partial charge is 0.0346 e. The molecular formula is C14H22N2. The van der Waals surface area contributed by atoms with Crippen LogP contribution in [0.2, 0.25) is 0 Å². The summed E-state index contributed by atoms with van der Waals surface area (Å²) in [5.41, 5.74) is 9.37. The van der Waals surface area contributed by atoms with Crippen LogP contribution >= 0.6 is 0 Å². The molecule has 0 radical (unpaired) electrons. The molecule has 2 heteroatoms. The van der Waals surface area contributed by atoms with Gasteiger partial charge < -0.3 is 5.73 Å². The van der Waals surface area contributed by atoms with Crippen LogP contribution in [0.3, 0.4) is 0 Å². The third-order valence-corrected chi connectivity index (χ3v) is 3.49. The van der Waals surface area contributed by atoms with E-state index in [1.54, 1.807) is 0 Å². The van der Waals surface area contributed by atoms with Gasteiger partial charge >= 0.3 is 0 Å². The van der Waals surface area contributed by atoms with Gasteiger partial charge in [0, 0.05) is 18.8 Å². The van der Waals surface area contributed by atoms with Crippen LogP contribution in [-0.2, 0) is 6.54 Å². The number of anilines is 1. The van der Waals surface area contributed by atoms with Gasteiger partial charge in [-0.2, -0.15) is 0 Å². The maximum Gasteiger partial charge on any atom is 0.0346 e. The Bertz CT molecular complexity index is 360. The molecule has 1 unspecified atom stereocenters. The summed E-state index contributed by atoms with van der Waals surface area (Å²) in [6.07, 6.45) is 2.72. The van der Waals surface area contributed by atoms with Crippen molar-refractivity contribution in [1.82, 2.24) is 4.90 Å². The monoisotopic (exact) mass is 218 g/mol. The van der Waals surface area contributed by atoms with Crippen molar-refractivity contribution >= 4 is 5.69 Å². The Kier molecular flexibility index (Phi) is 3.49. The summed E-state index contributed by atoms with van der Waals surface area (Å²) in [5, 5.41) is 0. The van der Waals surface area contributed by atoms with Crippen molar-refractivity contribution in [2.45, 2.75) is 33.2 Å². The zero-order chi connectivity index (χ0) is 11.5. The van der Waals surface area contributed by atoms with Gasteiger partial charge in [0.2, 0.25) is 0 Å². The number of aryl methyl sites for hydroxylation is 1. The molecule has 1 saturated heterocycles. The number of nitrogens with zero attached hydrogens (tertiary/aromatic N) is 1. The summed E-state index contributed by atoms with van der Waals surface area (Å²) in [5.74, 6) is 0.844. The fourth-order valence-electron chi connectivity index (χ4n) is 2.48. The Morgan fingerprint density at radius 2 is 2.25 bits per heavy atom. The largest absolute Gasteiger partial charge is 0.399 e. The summed E-state index contributed by atoms with van der Waals surface area (Å²) in [7, 11) is 0. The maximum absolute atomic E-state index is 5.93. The normalized spacial score (nSPS) is 22.2. The molecule has 1 aliphatic heterocycles. The van der Waals surface area contributed by atoms with Crippen LogP contribution in [0.1, 0.15) is 30.9 Å². The van der Waals surface area contributed by atoms with Gasteiger partial charge in [0.1, 0.15) is 0 Å². The summed E-state index contributed by atoms with van der Waals surface area (Å²) < 4.78 is 0. The second-order valence-corrected chi connectivity index (χ2v) is 5.17. The van der Waals surface area contributed by atoms with Gasteiger partial charge in [0.05, 0.1) is 0 Å². The van der Waals surface area contributed by atoms with Gasteiger partial charge in [-0.3, -0.25) is 4.90 Å². The van der Waals surface area contributed by atoms with E-state index in [9.17, 15) is 0 Å². The summed E-state index contributed by atoms with van der Waals surface area (Å²) >= 11 is 0. The highest BCUT2D eigenvalue weighted by atomic mass is 15.1. The summed E-state index contributed by atoms with van der Waals surface area (Å²) in [4.78, 5) is 2.54. The molecule has 0 bridgehead atoms. The first-order chi connectivity index (χ1) is 7.65. The van der Waals surface area contributed by atoms with Gasteiger partial charge in [-0.15, -0.1) is 0 Å². The van der Waals surface area contributed by atoms with E-state index in [0.717, 1.165) is 18.2 Å². The van der Waals surface area contributed by atoms with Gasteiger partial charge in [0.15, 0.2) is 0 Å². The van der Waals surface area contributed by atoms with E-state index >= 15 is 0 Å². The summed E-state index contributed by atoms with van der Waals surface area (Å²) in [6, 6.07) is 6.44. The lowest BCUT2D eigenvalue weighted by atomic mass is 9.99. The van der Waals surface area contributed by atoms with Crippen molar-refractivity contribution in [3.05, 3.63) is 29.3 Å². The average molecular weight is 218 g/mol. The Labute approximate surface area is 98.4 Å². The predicted molar refractivity (Wildman–Crippen MR) is 69.3 cm³/mol. The lowest BCUT2D eigenvalue weighted by molar-refractivity contribution is 0.176. The van der Waals surface area contributed by atoms with E-state index < -0.39 is 0 Å². The zero-order valence-electron chi connectivity index (χ0n) is 10.4. The topological polar surface area (TPSA) is 29.3 Å². The molecule has 2 nitrogen and oxygen atoms in total. The molecule has 0 aromatic heterocycles. The van der Waals surface area contributed by atoms with Crippen LogP contribution in [-0.4, -0.2) is 18.0 Å². The molecule has 0 saturated carbocycles. The van der Waals surface area contributed by atoms with Crippen molar-refractivity contribution in [2.24, 2.45) is 5.92 Å². The molecule has 1 atom stereocenters. The molecule has 0 spiro atoms. The highest BCUT2D eigenvalue weighted by Gasteiger charge is 2.16. The second kappa shape index (κ2) is 4.88. The van der Waals surface area contributed by atoms with E-state index in [1.165, 1.54) is 37.1 Å². The van der Waals surface area contributed by atoms with E-state index in [1.807, 2.05) is 0 Å². The van der Waals surface area contributed by atoms with Crippen molar-refractivity contribution in [1.29, 1.82) is 0 Å². The quantitative estimate of drug-likeness (QED) is 0.773. The second-order valence-electron chi connectivity index (χ2n) is 5.17. The van der Waals surface area contributed by atoms with Crippen LogP contribution in [0.15, 0.2) is 18.2 Å². The lowest BCUT2D eigenvalue weighted by Crippen LogP contribution is -2.33. The zero-order valence-corrected chi connectivity index (χ0v) is 10.4. The molecular weight excluding hydrogens is 196 g/mol. The highest BCUT2D eigenvalue weighted by molar-refractivity contribution is 5.48. The van der Waals surface area contributed by atoms with E-state index in [4.69, 9.17) is 5.73 Å². The van der Waals surface area contributed by atoms with E-state index in [2.05, 4.69) is 36.9 Å². The van der Waals surface area contributed by atoms with Crippen molar-refractivity contribution in [3.8, 4) is 0 Å². The average Bonchev–Trinajstić information content (AvgIpc) is 2.24. The minimum Gasteiger partial charge on any atom is -0.399 e. The SMILES string of the molecule is Cc1ccc(CN2CCCC(C)C2)cc1N. The van der Waals surface area contributed by atoms with Gasteiger partial charge in [-0.1, -0.05) is 19.1 Å². The number of nitrogens with two attached hydrogens (primary N) is 1. The first kappa shape index (κ1) is 11.5. The number of piperidine rings is 1. The third kappa shape index (κ3) is 2.76. The summed E-state index contributed by atoms with van der Waals surface area (Å²) in [6.45, 7) is 7.92. The highest BCUT2D eigenvalue weighted by Crippen LogP contribution is 2.19. The molecule has 2 N–H and O–H groups in total. The van der Waals surface area contributed by atoms with Crippen LogP contribution < -0.4 is 5.73 Å². The molecule has 16 heavy (non-hydrogen) atoms. The molecule has 2 rings (SSSR count). The number of hydrogen-bond donors (Lipinski definition) is 1. The first-order valence-electron chi connectivity index (χ1n) is 6.22. The minimum atomic E-state index is 0.844. The van der Waals surface area contributed by atoms with Crippen molar-refractivity contribution < 1.29 is 0 Å². The van der Waals surface area contributed by atoms with Crippen LogP contribution in [0, 0.1) is 12.8 Å². The Morgan fingerprint density at radius 3 is 2.94 bits per heavy atom. The lowest BCUT2D eigenvalue weighted by Gasteiger charge is -2.30.